The van der Waals surface area contributed by atoms with E-state index < -0.39 is 0 Å². The van der Waals surface area contributed by atoms with Gasteiger partial charge in [0.05, 0.1) is 7.11 Å². The van der Waals surface area contributed by atoms with Gasteiger partial charge >= 0.3 is 0 Å². The first-order chi connectivity index (χ1) is 14.5. The Labute approximate surface area is 204 Å². The number of guanidine groups is 1. The number of hydrogen-bond donors (Lipinski definition) is 3. The Kier molecular flexibility index (Phi) is 12.7. The van der Waals surface area contributed by atoms with Gasteiger partial charge in [-0.25, -0.2) is 0 Å². The van der Waals surface area contributed by atoms with Crippen LogP contribution in [0.3, 0.4) is 0 Å². The summed E-state index contributed by atoms with van der Waals surface area (Å²) in [5.74, 6) is 3.44. The number of benzene rings is 1. The van der Waals surface area contributed by atoms with Gasteiger partial charge in [0.15, 0.2) is 24.1 Å². The summed E-state index contributed by atoms with van der Waals surface area (Å²) in [7, 11) is 3.40. The van der Waals surface area contributed by atoms with Crippen molar-refractivity contribution in [3.8, 4) is 11.5 Å². The van der Waals surface area contributed by atoms with Crippen molar-refractivity contribution in [1.29, 1.82) is 0 Å². The average Bonchev–Trinajstić information content (AvgIpc) is 2.75. The molecule has 176 valence electrons. The van der Waals surface area contributed by atoms with Gasteiger partial charge in [-0.2, -0.15) is 0 Å². The molecule has 0 unspecified atom stereocenters. The van der Waals surface area contributed by atoms with Crippen LogP contribution in [0.1, 0.15) is 52.0 Å². The molecule has 0 spiro atoms. The van der Waals surface area contributed by atoms with E-state index in [1.807, 2.05) is 25.1 Å². The maximum Gasteiger partial charge on any atom is 0.257 e. The predicted octanol–water partition coefficient (Wildman–Crippen LogP) is 3.71. The third kappa shape index (κ3) is 9.13. The number of rotatable bonds is 9. The molecule has 0 atom stereocenters. The first kappa shape index (κ1) is 27.3. The lowest BCUT2D eigenvalue weighted by atomic mass is 9.80. The lowest BCUT2D eigenvalue weighted by Crippen LogP contribution is -2.44. The molecule has 0 heterocycles. The van der Waals surface area contributed by atoms with Crippen LogP contribution in [0.4, 0.5) is 0 Å². The molecule has 1 aromatic carbocycles. The molecule has 1 saturated carbocycles. The summed E-state index contributed by atoms with van der Waals surface area (Å²) < 4.78 is 11.0. The predicted molar refractivity (Wildman–Crippen MR) is 137 cm³/mol. The van der Waals surface area contributed by atoms with E-state index in [-0.39, 0.29) is 36.5 Å². The van der Waals surface area contributed by atoms with E-state index in [0.717, 1.165) is 23.4 Å². The van der Waals surface area contributed by atoms with Crippen molar-refractivity contribution in [2.24, 2.45) is 16.8 Å². The van der Waals surface area contributed by atoms with E-state index in [2.05, 4.69) is 34.8 Å². The van der Waals surface area contributed by atoms with Gasteiger partial charge < -0.3 is 25.4 Å². The summed E-state index contributed by atoms with van der Waals surface area (Å²) in [6.45, 7) is 7.69. The summed E-state index contributed by atoms with van der Waals surface area (Å²) in [4.78, 5) is 16.0. The van der Waals surface area contributed by atoms with Crippen molar-refractivity contribution in [3.63, 3.8) is 0 Å². The third-order valence-electron chi connectivity index (χ3n) is 5.70. The van der Waals surface area contributed by atoms with Gasteiger partial charge in [0.1, 0.15) is 0 Å². The molecule has 0 bridgehead atoms. The molecule has 0 aromatic heterocycles. The van der Waals surface area contributed by atoms with Gasteiger partial charge in [0.25, 0.3) is 5.91 Å². The molecule has 1 aliphatic carbocycles. The number of ether oxygens (including phenoxy) is 2. The number of halogens is 1. The summed E-state index contributed by atoms with van der Waals surface area (Å²) in [6.07, 6.45) is 4.94. The molecule has 0 radical (unpaired) electrons. The molecule has 2 rings (SSSR count). The standard InChI is InChI=1S/C23H38N4O3.HI/c1-6-25-22(28)15-30-20-12-7-17(13-21(20)29-5)14-26-23(24-4)27-19-10-8-18(9-11-19)16(2)3;/h7,12-13,16,18-19H,6,8-11,14-15H2,1-5H3,(H,25,28)(H2,24,26,27);1H. The quantitative estimate of drug-likeness (QED) is 0.250. The first-order valence-corrected chi connectivity index (χ1v) is 11.0. The lowest BCUT2D eigenvalue weighted by molar-refractivity contribution is -0.123. The zero-order valence-corrected chi connectivity index (χ0v) is 21.8. The molecular formula is C23H39IN4O3. The fourth-order valence-corrected chi connectivity index (χ4v) is 3.84. The second-order valence-electron chi connectivity index (χ2n) is 8.15. The second-order valence-corrected chi connectivity index (χ2v) is 8.15. The molecule has 31 heavy (non-hydrogen) atoms. The van der Waals surface area contributed by atoms with Crippen molar-refractivity contribution >= 4 is 35.8 Å². The number of carbonyl (C=O) groups is 1. The molecule has 1 aromatic rings. The highest BCUT2D eigenvalue weighted by Crippen LogP contribution is 2.30. The number of aliphatic imine (C=N–C) groups is 1. The number of carbonyl (C=O) groups excluding carboxylic acids is 1. The third-order valence-corrected chi connectivity index (χ3v) is 5.70. The van der Waals surface area contributed by atoms with Gasteiger partial charge in [-0.05, 0) is 62.1 Å². The van der Waals surface area contributed by atoms with E-state index in [4.69, 9.17) is 9.47 Å². The monoisotopic (exact) mass is 546 g/mol. The second kappa shape index (κ2) is 14.4. The number of nitrogens with one attached hydrogen (secondary N) is 3. The highest BCUT2D eigenvalue weighted by Gasteiger charge is 2.23. The van der Waals surface area contributed by atoms with Gasteiger partial charge in [0, 0.05) is 26.2 Å². The van der Waals surface area contributed by atoms with E-state index >= 15 is 0 Å². The molecule has 1 fully saturated rings. The molecule has 3 N–H and O–H groups in total. The van der Waals surface area contributed by atoms with Crippen LogP contribution in [0.15, 0.2) is 23.2 Å². The van der Waals surface area contributed by atoms with Gasteiger partial charge in [0.2, 0.25) is 0 Å². The zero-order chi connectivity index (χ0) is 21.9. The Bertz CT molecular complexity index is 704. The fraction of sp³-hybridized carbons (Fsp3) is 0.652. The molecule has 0 aliphatic heterocycles. The number of nitrogens with zero attached hydrogens (tertiary/aromatic N) is 1. The number of methoxy groups -OCH3 is 1. The highest BCUT2D eigenvalue weighted by atomic mass is 127. The van der Waals surface area contributed by atoms with Crippen LogP contribution >= 0.6 is 24.0 Å². The van der Waals surface area contributed by atoms with Crippen molar-refractivity contribution in [1.82, 2.24) is 16.0 Å². The largest absolute Gasteiger partial charge is 0.493 e. The molecule has 1 amide bonds. The van der Waals surface area contributed by atoms with Crippen molar-refractivity contribution in [2.75, 3.05) is 27.3 Å². The minimum absolute atomic E-state index is 0. The molecule has 1 aliphatic rings. The Hall–Kier alpha value is -1.71. The molecular weight excluding hydrogens is 507 g/mol. The van der Waals surface area contributed by atoms with Gasteiger partial charge in [-0.3, -0.25) is 9.79 Å². The Morgan fingerprint density at radius 2 is 1.87 bits per heavy atom. The van der Waals surface area contributed by atoms with Gasteiger partial charge in [-0.15, -0.1) is 24.0 Å². The van der Waals surface area contributed by atoms with E-state index in [1.54, 1.807) is 14.2 Å². The normalized spacial score (nSPS) is 18.7. The maximum atomic E-state index is 11.6. The summed E-state index contributed by atoms with van der Waals surface area (Å²) in [6, 6.07) is 6.19. The van der Waals surface area contributed by atoms with Crippen molar-refractivity contribution in [3.05, 3.63) is 23.8 Å². The average molecular weight is 546 g/mol. The van der Waals surface area contributed by atoms with Crippen LogP contribution in [0, 0.1) is 11.8 Å². The van der Waals surface area contributed by atoms with Gasteiger partial charge in [-0.1, -0.05) is 19.9 Å². The number of amides is 1. The van der Waals surface area contributed by atoms with Crippen molar-refractivity contribution < 1.29 is 14.3 Å². The van der Waals surface area contributed by atoms with E-state index in [0.29, 0.717) is 30.6 Å². The number of hydrogen-bond acceptors (Lipinski definition) is 4. The highest BCUT2D eigenvalue weighted by molar-refractivity contribution is 14.0. The Morgan fingerprint density at radius 3 is 2.45 bits per heavy atom. The Balaban J connectivity index is 0.00000480. The summed E-state index contributed by atoms with van der Waals surface area (Å²) in [5, 5.41) is 9.65. The summed E-state index contributed by atoms with van der Waals surface area (Å²) in [5.41, 5.74) is 1.05. The van der Waals surface area contributed by atoms with Crippen LogP contribution in [0.25, 0.3) is 0 Å². The zero-order valence-electron chi connectivity index (χ0n) is 19.5. The fourth-order valence-electron chi connectivity index (χ4n) is 3.84. The lowest BCUT2D eigenvalue weighted by Gasteiger charge is -2.32. The minimum atomic E-state index is -0.150. The molecule has 7 nitrogen and oxygen atoms in total. The SMILES string of the molecule is CCNC(=O)COc1ccc(CNC(=NC)NC2CCC(C(C)C)CC2)cc1OC.I. The summed E-state index contributed by atoms with van der Waals surface area (Å²) >= 11 is 0. The van der Waals surface area contributed by atoms with Crippen LogP contribution in [0.5, 0.6) is 11.5 Å². The Morgan fingerprint density at radius 1 is 1.16 bits per heavy atom. The van der Waals surface area contributed by atoms with Crippen LogP contribution in [-0.2, 0) is 11.3 Å². The molecule has 8 heteroatoms. The topological polar surface area (TPSA) is 84.0 Å². The number of likely N-dealkylation sites (N-methyl/N-ethyl adjacent to an activating group) is 1. The van der Waals surface area contributed by atoms with Crippen LogP contribution < -0.4 is 25.4 Å². The first-order valence-electron chi connectivity index (χ1n) is 11.0. The molecule has 0 saturated heterocycles. The van der Waals surface area contributed by atoms with E-state index in [1.165, 1.54) is 25.7 Å². The maximum absolute atomic E-state index is 11.6. The minimum Gasteiger partial charge on any atom is -0.493 e. The smallest absolute Gasteiger partial charge is 0.257 e. The van der Waals surface area contributed by atoms with Crippen LogP contribution in [-0.4, -0.2) is 45.2 Å². The van der Waals surface area contributed by atoms with Crippen molar-refractivity contribution in [2.45, 2.75) is 59.0 Å². The van der Waals surface area contributed by atoms with Crippen LogP contribution in [0.2, 0.25) is 0 Å². The van der Waals surface area contributed by atoms with E-state index in [9.17, 15) is 4.79 Å².